The summed E-state index contributed by atoms with van der Waals surface area (Å²) in [5.74, 6) is -1.48. The van der Waals surface area contributed by atoms with E-state index in [9.17, 15) is 19.7 Å². The number of hydrazine groups is 2. The third kappa shape index (κ3) is 5.17. The summed E-state index contributed by atoms with van der Waals surface area (Å²) in [5.41, 5.74) is 9.26. The van der Waals surface area contributed by atoms with Crippen molar-refractivity contribution in [2.45, 2.75) is 0 Å². The molecule has 0 aliphatic rings. The number of halogens is 1. The number of amides is 2. The van der Waals surface area contributed by atoms with Crippen LogP contribution in [0.4, 0.5) is 17.3 Å². The predicted molar refractivity (Wildman–Crippen MR) is 115 cm³/mol. The zero-order valence-electron chi connectivity index (χ0n) is 16.5. The lowest BCUT2D eigenvalue weighted by atomic mass is 10.2. The number of carbonyl (C=O) groups excluding carboxylic acids is 2. The fraction of sp³-hybridized carbons (Fsp3) is 0.0526. The first-order valence-corrected chi connectivity index (χ1v) is 9.29. The van der Waals surface area contributed by atoms with Crippen LogP contribution in [0.2, 0.25) is 5.02 Å². The second-order valence-electron chi connectivity index (χ2n) is 6.04. The lowest BCUT2D eigenvalue weighted by Gasteiger charge is -2.12. The Kier molecular flexibility index (Phi) is 6.98. The number of hydrogen-bond donors (Lipinski definition) is 4. The Balaban J connectivity index is 1.74. The van der Waals surface area contributed by atoms with Crippen LogP contribution in [0.5, 0.6) is 5.75 Å². The highest BCUT2D eigenvalue weighted by atomic mass is 35.5. The van der Waals surface area contributed by atoms with Crippen LogP contribution in [0.1, 0.15) is 20.7 Å². The average molecular weight is 458 g/mol. The monoisotopic (exact) mass is 457 g/mol. The maximum Gasteiger partial charge on any atom is 0.356 e. The molecule has 0 saturated heterocycles. The molecule has 0 atom stereocenters. The summed E-state index contributed by atoms with van der Waals surface area (Å²) in [4.78, 5) is 43.0. The summed E-state index contributed by atoms with van der Waals surface area (Å²) in [5, 5.41) is 12.0. The molecule has 164 valence electrons. The average Bonchev–Trinajstić information content (AvgIpc) is 2.81. The number of methoxy groups -OCH3 is 1. The van der Waals surface area contributed by atoms with Gasteiger partial charge in [-0.05, 0) is 36.4 Å². The first-order chi connectivity index (χ1) is 15.4. The van der Waals surface area contributed by atoms with E-state index in [0.717, 1.165) is 6.33 Å². The molecule has 12 nitrogen and oxygen atoms in total. The van der Waals surface area contributed by atoms with Crippen LogP contribution in [0, 0.1) is 10.1 Å². The SMILES string of the molecule is COc1ccccc1C(=O)NNc1ncnc(NNC(=O)c2ccc(Cl)cc2)c1[N+](=O)[O-]. The molecule has 3 rings (SSSR count). The van der Waals surface area contributed by atoms with Crippen LogP contribution in [0.3, 0.4) is 0 Å². The lowest BCUT2D eigenvalue weighted by molar-refractivity contribution is -0.383. The van der Waals surface area contributed by atoms with Crippen molar-refractivity contribution in [3.63, 3.8) is 0 Å². The molecule has 0 bridgehead atoms. The van der Waals surface area contributed by atoms with Gasteiger partial charge in [-0.15, -0.1) is 0 Å². The number of anilines is 2. The standard InChI is InChI=1S/C19H16ClN7O5/c1-32-14-5-3-2-4-13(14)19(29)26-24-17-15(27(30)31)16(21-10-22-17)23-25-18(28)11-6-8-12(20)9-7-11/h2-10H,1H3,(H,25,28)(H,26,29)(H2,21,22,23,24). The number of carbonyl (C=O) groups is 2. The van der Waals surface area contributed by atoms with E-state index in [0.29, 0.717) is 10.8 Å². The number of nitro groups is 1. The van der Waals surface area contributed by atoms with Crippen molar-refractivity contribution in [2.75, 3.05) is 18.0 Å². The molecule has 1 heterocycles. The van der Waals surface area contributed by atoms with Gasteiger partial charge in [0.1, 0.15) is 12.1 Å². The van der Waals surface area contributed by atoms with Crippen LogP contribution >= 0.6 is 11.6 Å². The number of hydrogen-bond acceptors (Lipinski definition) is 9. The van der Waals surface area contributed by atoms with Gasteiger partial charge in [-0.1, -0.05) is 23.7 Å². The Morgan fingerprint density at radius 3 is 2.16 bits per heavy atom. The van der Waals surface area contributed by atoms with E-state index in [1.165, 1.54) is 37.4 Å². The maximum absolute atomic E-state index is 12.4. The zero-order valence-corrected chi connectivity index (χ0v) is 17.2. The summed E-state index contributed by atoms with van der Waals surface area (Å²) in [6, 6.07) is 12.4. The van der Waals surface area contributed by atoms with Gasteiger partial charge in [-0.2, -0.15) is 0 Å². The highest BCUT2D eigenvalue weighted by Crippen LogP contribution is 2.28. The van der Waals surface area contributed by atoms with Crippen molar-refractivity contribution >= 4 is 40.7 Å². The van der Waals surface area contributed by atoms with Crippen molar-refractivity contribution in [2.24, 2.45) is 0 Å². The Morgan fingerprint density at radius 1 is 0.969 bits per heavy atom. The molecule has 0 fully saturated rings. The van der Waals surface area contributed by atoms with E-state index in [-0.39, 0.29) is 22.8 Å². The molecular formula is C19H16ClN7O5. The molecule has 3 aromatic rings. The number of para-hydroxylation sites is 1. The normalized spacial score (nSPS) is 10.1. The van der Waals surface area contributed by atoms with Crippen LogP contribution < -0.4 is 26.4 Å². The molecule has 0 spiro atoms. The first kappa shape index (κ1) is 22.2. The zero-order chi connectivity index (χ0) is 23.1. The van der Waals surface area contributed by atoms with Crippen LogP contribution in [0.25, 0.3) is 0 Å². The maximum atomic E-state index is 12.4. The number of rotatable bonds is 8. The van der Waals surface area contributed by atoms with E-state index in [2.05, 4.69) is 31.7 Å². The van der Waals surface area contributed by atoms with Gasteiger partial charge in [0.15, 0.2) is 0 Å². The molecule has 1 aromatic heterocycles. The molecule has 0 saturated carbocycles. The summed E-state index contributed by atoms with van der Waals surface area (Å²) in [6.07, 6.45) is 1.02. The van der Waals surface area contributed by atoms with E-state index < -0.39 is 22.4 Å². The third-order valence-electron chi connectivity index (χ3n) is 4.05. The Morgan fingerprint density at radius 2 is 1.56 bits per heavy atom. The molecule has 0 radical (unpaired) electrons. The van der Waals surface area contributed by atoms with Crippen molar-refractivity contribution in [1.82, 2.24) is 20.8 Å². The molecule has 0 unspecified atom stereocenters. The minimum Gasteiger partial charge on any atom is -0.496 e. The summed E-state index contributed by atoms with van der Waals surface area (Å²) in [6.45, 7) is 0. The molecule has 2 aromatic carbocycles. The third-order valence-corrected chi connectivity index (χ3v) is 4.30. The molecule has 0 aliphatic carbocycles. The smallest absolute Gasteiger partial charge is 0.356 e. The van der Waals surface area contributed by atoms with Gasteiger partial charge >= 0.3 is 5.69 Å². The molecule has 2 amide bonds. The number of nitrogens with one attached hydrogen (secondary N) is 4. The number of aromatic nitrogens is 2. The highest BCUT2D eigenvalue weighted by molar-refractivity contribution is 6.30. The van der Waals surface area contributed by atoms with Gasteiger partial charge in [0, 0.05) is 10.6 Å². The van der Waals surface area contributed by atoms with E-state index in [4.69, 9.17) is 16.3 Å². The predicted octanol–water partition coefficient (Wildman–Crippen LogP) is 2.56. The van der Waals surface area contributed by atoms with Gasteiger partial charge in [0.2, 0.25) is 11.6 Å². The number of nitrogens with zero attached hydrogens (tertiary/aromatic N) is 3. The molecule has 32 heavy (non-hydrogen) atoms. The van der Waals surface area contributed by atoms with Gasteiger partial charge in [-0.25, -0.2) is 9.97 Å². The van der Waals surface area contributed by atoms with E-state index >= 15 is 0 Å². The fourth-order valence-electron chi connectivity index (χ4n) is 2.54. The van der Waals surface area contributed by atoms with Gasteiger partial charge in [-0.3, -0.25) is 41.4 Å². The Hall–Kier alpha value is -4.45. The van der Waals surface area contributed by atoms with Crippen molar-refractivity contribution in [1.29, 1.82) is 0 Å². The fourth-order valence-corrected chi connectivity index (χ4v) is 2.67. The summed E-state index contributed by atoms with van der Waals surface area (Å²) < 4.78 is 5.12. The second kappa shape index (κ2) is 10.0. The van der Waals surface area contributed by atoms with Crippen LogP contribution in [0.15, 0.2) is 54.9 Å². The van der Waals surface area contributed by atoms with Crippen molar-refractivity contribution in [3.8, 4) is 5.75 Å². The van der Waals surface area contributed by atoms with E-state index in [1.807, 2.05) is 0 Å². The molecular weight excluding hydrogens is 442 g/mol. The molecule has 13 heteroatoms. The van der Waals surface area contributed by atoms with Crippen molar-refractivity contribution in [3.05, 3.63) is 81.1 Å². The largest absolute Gasteiger partial charge is 0.496 e. The quantitative estimate of drug-likeness (QED) is 0.294. The van der Waals surface area contributed by atoms with Crippen molar-refractivity contribution < 1.29 is 19.2 Å². The van der Waals surface area contributed by atoms with Gasteiger partial charge < -0.3 is 4.74 Å². The minimum atomic E-state index is -0.769. The molecule has 0 aliphatic heterocycles. The number of ether oxygens (including phenoxy) is 1. The summed E-state index contributed by atoms with van der Waals surface area (Å²) >= 11 is 5.79. The minimum absolute atomic E-state index is 0.202. The Bertz CT molecular complexity index is 1160. The Labute approximate surface area is 186 Å². The number of benzene rings is 2. The second-order valence-corrected chi connectivity index (χ2v) is 6.48. The first-order valence-electron chi connectivity index (χ1n) is 8.91. The van der Waals surface area contributed by atoms with Crippen LogP contribution in [-0.4, -0.2) is 33.8 Å². The van der Waals surface area contributed by atoms with Gasteiger partial charge in [0.25, 0.3) is 11.8 Å². The van der Waals surface area contributed by atoms with Gasteiger partial charge in [0.05, 0.1) is 17.6 Å². The highest BCUT2D eigenvalue weighted by Gasteiger charge is 2.24. The van der Waals surface area contributed by atoms with Crippen LogP contribution in [-0.2, 0) is 0 Å². The summed E-state index contributed by atoms with van der Waals surface area (Å²) in [7, 11) is 1.41. The lowest BCUT2D eigenvalue weighted by Crippen LogP contribution is -2.32. The topological polar surface area (TPSA) is 160 Å². The molecule has 4 N–H and O–H groups in total. The van der Waals surface area contributed by atoms with E-state index in [1.54, 1.807) is 18.2 Å².